The van der Waals surface area contributed by atoms with Crippen molar-refractivity contribution in [2.45, 2.75) is 32.7 Å². The fourth-order valence-corrected chi connectivity index (χ4v) is 2.45. The van der Waals surface area contributed by atoms with Gasteiger partial charge in [0, 0.05) is 18.4 Å². The summed E-state index contributed by atoms with van der Waals surface area (Å²) in [5, 5.41) is 3.51. The minimum atomic E-state index is 0.351. The van der Waals surface area contributed by atoms with Gasteiger partial charge in [0.05, 0.1) is 0 Å². The summed E-state index contributed by atoms with van der Waals surface area (Å²) < 4.78 is 0. The highest BCUT2D eigenvalue weighted by molar-refractivity contribution is 5.71. The molecule has 3 rings (SSSR count). The highest BCUT2D eigenvalue weighted by Crippen LogP contribution is 2.15. The molecule has 1 unspecified atom stereocenters. The number of nitrogens with one attached hydrogen (secondary N) is 1. The summed E-state index contributed by atoms with van der Waals surface area (Å²) in [6.07, 6.45) is 5.37. The molecule has 1 atom stereocenters. The minimum Gasteiger partial charge on any atom is -0.367 e. The zero-order valence-corrected chi connectivity index (χ0v) is 13.0. The van der Waals surface area contributed by atoms with E-state index in [0.29, 0.717) is 11.7 Å². The van der Waals surface area contributed by atoms with E-state index in [9.17, 15) is 0 Å². The lowest BCUT2D eigenvalue weighted by Gasteiger charge is -2.18. The number of nitrogens with zero attached hydrogens (tertiary/aromatic N) is 3. The Labute approximate surface area is 130 Å². The van der Waals surface area contributed by atoms with Crippen molar-refractivity contribution < 1.29 is 0 Å². The van der Waals surface area contributed by atoms with Crippen LogP contribution in [0, 0.1) is 6.92 Å². The molecule has 0 fully saturated rings. The first kappa shape index (κ1) is 14.4. The standard InChI is InChI=1S/C18H20N4/c1-3-15(12-14-6-4-13(2)5-7-14)21-17-9-8-16-18(22-17)20-11-10-19-16/h4-11,15H,3,12H2,1-2H3,(H,20,21,22). The molecule has 0 saturated heterocycles. The molecular formula is C18H20N4. The van der Waals surface area contributed by atoms with Crippen molar-refractivity contribution in [3.05, 3.63) is 59.9 Å². The van der Waals surface area contributed by atoms with Gasteiger partial charge in [-0.2, -0.15) is 0 Å². The molecule has 4 heteroatoms. The average molecular weight is 292 g/mol. The Balaban J connectivity index is 1.74. The van der Waals surface area contributed by atoms with Gasteiger partial charge in [0.15, 0.2) is 5.65 Å². The molecule has 0 aliphatic rings. The van der Waals surface area contributed by atoms with Gasteiger partial charge in [0.25, 0.3) is 0 Å². The topological polar surface area (TPSA) is 50.7 Å². The van der Waals surface area contributed by atoms with E-state index in [1.54, 1.807) is 12.4 Å². The molecule has 4 nitrogen and oxygen atoms in total. The summed E-state index contributed by atoms with van der Waals surface area (Å²) in [4.78, 5) is 13.0. The molecule has 0 bridgehead atoms. The monoisotopic (exact) mass is 292 g/mol. The lowest BCUT2D eigenvalue weighted by atomic mass is 10.0. The molecule has 3 aromatic rings. The van der Waals surface area contributed by atoms with Gasteiger partial charge in [-0.15, -0.1) is 0 Å². The largest absolute Gasteiger partial charge is 0.367 e. The van der Waals surface area contributed by atoms with Crippen LogP contribution in [0.2, 0.25) is 0 Å². The van der Waals surface area contributed by atoms with Crippen LogP contribution in [0.1, 0.15) is 24.5 Å². The first-order valence-corrected chi connectivity index (χ1v) is 7.64. The number of aryl methyl sites for hydroxylation is 1. The third-order valence-electron chi connectivity index (χ3n) is 3.78. The van der Waals surface area contributed by atoms with Gasteiger partial charge >= 0.3 is 0 Å². The van der Waals surface area contributed by atoms with Crippen LogP contribution in [-0.2, 0) is 6.42 Å². The van der Waals surface area contributed by atoms with E-state index >= 15 is 0 Å². The fourth-order valence-electron chi connectivity index (χ4n) is 2.45. The maximum Gasteiger partial charge on any atom is 0.180 e. The van der Waals surface area contributed by atoms with E-state index < -0.39 is 0 Å². The fraction of sp³-hybridized carbons (Fsp3) is 0.278. The van der Waals surface area contributed by atoms with Crippen LogP contribution in [0.25, 0.3) is 11.2 Å². The maximum atomic E-state index is 4.53. The molecule has 0 saturated carbocycles. The summed E-state index contributed by atoms with van der Waals surface area (Å²) in [6, 6.07) is 13.0. The third kappa shape index (κ3) is 3.39. The summed E-state index contributed by atoms with van der Waals surface area (Å²) in [6.45, 7) is 4.30. The summed E-state index contributed by atoms with van der Waals surface area (Å²) in [5.74, 6) is 0.854. The number of rotatable bonds is 5. The van der Waals surface area contributed by atoms with Crippen molar-refractivity contribution in [1.82, 2.24) is 15.0 Å². The maximum absolute atomic E-state index is 4.53. The SMILES string of the molecule is CCC(Cc1ccc(C)cc1)Nc1ccc2nccnc2n1. The van der Waals surface area contributed by atoms with Crippen molar-refractivity contribution in [1.29, 1.82) is 0 Å². The van der Waals surface area contributed by atoms with Crippen LogP contribution < -0.4 is 5.32 Å². The first-order valence-electron chi connectivity index (χ1n) is 7.64. The predicted octanol–water partition coefficient (Wildman–Crippen LogP) is 3.77. The molecule has 0 aliphatic heterocycles. The van der Waals surface area contributed by atoms with Gasteiger partial charge in [-0.05, 0) is 37.5 Å². The normalized spacial score (nSPS) is 12.3. The molecule has 22 heavy (non-hydrogen) atoms. The second kappa shape index (κ2) is 6.52. The van der Waals surface area contributed by atoms with Crippen molar-refractivity contribution in [3.8, 4) is 0 Å². The number of anilines is 1. The lowest BCUT2D eigenvalue weighted by molar-refractivity contribution is 0.687. The van der Waals surface area contributed by atoms with Crippen LogP contribution in [0.4, 0.5) is 5.82 Å². The smallest absolute Gasteiger partial charge is 0.180 e. The van der Waals surface area contributed by atoms with E-state index in [0.717, 1.165) is 24.2 Å². The highest BCUT2D eigenvalue weighted by Gasteiger charge is 2.09. The number of fused-ring (bicyclic) bond motifs is 1. The number of aromatic nitrogens is 3. The van der Waals surface area contributed by atoms with Crippen molar-refractivity contribution in [3.63, 3.8) is 0 Å². The van der Waals surface area contributed by atoms with Crippen LogP contribution in [0.15, 0.2) is 48.8 Å². The van der Waals surface area contributed by atoms with Crippen LogP contribution >= 0.6 is 0 Å². The molecule has 2 heterocycles. The van der Waals surface area contributed by atoms with Crippen LogP contribution in [0.5, 0.6) is 0 Å². The predicted molar refractivity (Wildman–Crippen MR) is 89.9 cm³/mol. The second-order valence-electron chi connectivity index (χ2n) is 5.53. The van der Waals surface area contributed by atoms with Gasteiger partial charge in [0.2, 0.25) is 0 Å². The Bertz CT molecular complexity index is 752. The van der Waals surface area contributed by atoms with Gasteiger partial charge < -0.3 is 5.32 Å². The molecule has 0 amide bonds. The van der Waals surface area contributed by atoms with Gasteiger partial charge in [-0.3, -0.25) is 4.98 Å². The highest BCUT2D eigenvalue weighted by atomic mass is 15.0. The molecule has 112 valence electrons. The first-order chi connectivity index (χ1) is 10.7. The Morgan fingerprint density at radius 3 is 2.55 bits per heavy atom. The quantitative estimate of drug-likeness (QED) is 0.778. The van der Waals surface area contributed by atoms with E-state index in [1.165, 1.54) is 11.1 Å². The summed E-state index contributed by atoms with van der Waals surface area (Å²) >= 11 is 0. The lowest BCUT2D eigenvalue weighted by Crippen LogP contribution is -2.22. The Hall–Kier alpha value is -2.49. The Morgan fingerprint density at radius 1 is 1.00 bits per heavy atom. The molecule has 1 aromatic carbocycles. The zero-order chi connectivity index (χ0) is 15.4. The van der Waals surface area contributed by atoms with Gasteiger partial charge in [0.1, 0.15) is 11.3 Å². The van der Waals surface area contributed by atoms with Crippen molar-refractivity contribution in [2.24, 2.45) is 0 Å². The molecule has 2 aromatic heterocycles. The third-order valence-corrected chi connectivity index (χ3v) is 3.78. The minimum absolute atomic E-state index is 0.351. The molecule has 0 radical (unpaired) electrons. The number of pyridine rings is 1. The average Bonchev–Trinajstić information content (AvgIpc) is 2.56. The molecular weight excluding hydrogens is 272 g/mol. The number of hydrogen-bond acceptors (Lipinski definition) is 4. The van der Waals surface area contributed by atoms with Crippen LogP contribution in [-0.4, -0.2) is 21.0 Å². The van der Waals surface area contributed by atoms with Gasteiger partial charge in [-0.25, -0.2) is 9.97 Å². The van der Waals surface area contributed by atoms with E-state index in [4.69, 9.17) is 0 Å². The van der Waals surface area contributed by atoms with E-state index in [-0.39, 0.29) is 0 Å². The summed E-state index contributed by atoms with van der Waals surface area (Å²) in [7, 11) is 0. The second-order valence-corrected chi connectivity index (χ2v) is 5.53. The van der Waals surface area contributed by atoms with Crippen LogP contribution in [0.3, 0.4) is 0 Å². The molecule has 0 spiro atoms. The van der Waals surface area contributed by atoms with Crippen molar-refractivity contribution in [2.75, 3.05) is 5.32 Å². The number of hydrogen-bond donors (Lipinski definition) is 1. The number of benzene rings is 1. The van der Waals surface area contributed by atoms with Gasteiger partial charge in [-0.1, -0.05) is 36.8 Å². The Morgan fingerprint density at radius 2 is 1.77 bits per heavy atom. The zero-order valence-electron chi connectivity index (χ0n) is 13.0. The molecule has 0 aliphatic carbocycles. The van der Waals surface area contributed by atoms with E-state index in [2.05, 4.69) is 58.4 Å². The summed E-state index contributed by atoms with van der Waals surface area (Å²) in [5.41, 5.74) is 4.13. The Kier molecular flexibility index (Phi) is 4.28. The van der Waals surface area contributed by atoms with E-state index in [1.807, 2.05) is 12.1 Å². The molecule has 1 N–H and O–H groups in total. The van der Waals surface area contributed by atoms with Crippen molar-refractivity contribution >= 4 is 17.0 Å².